The van der Waals surface area contributed by atoms with E-state index >= 15 is 0 Å². The SMILES string of the molecule is CC(C)CC(CC(=O)O)CC(=O)O.CC(C)CC(CC(N)=O)CC(=O)O.CC(C)CC(CC(N)=O)CC(=O)O.CC(C)CC1CC(=O)OC(=O)C1.CC(C)C[C@H](CN)CC(=O)O. The molecule has 0 aromatic carbocycles. The summed E-state index contributed by atoms with van der Waals surface area (Å²) < 4.78 is 4.42. The molecule has 1 aliphatic rings. The molecule has 1 rings (SSSR count). The second kappa shape index (κ2) is 37.0. The number of carbonyl (C=O) groups excluding carboxylic acids is 4. The van der Waals surface area contributed by atoms with Gasteiger partial charge in [-0.3, -0.25) is 43.2 Å². The van der Waals surface area contributed by atoms with Crippen molar-refractivity contribution in [3.8, 4) is 0 Å². The van der Waals surface area contributed by atoms with Gasteiger partial charge in [-0.2, -0.15) is 0 Å². The van der Waals surface area contributed by atoms with Crippen LogP contribution in [0.25, 0.3) is 0 Å². The lowest BCUT2D eigenvalue weighted by molar-refractivity contribution is -0.166. The third-order valence-electron chi connectivity index (χ3n) is 8.79. The van der Waals surface area contributed by atoms with Crippen molar-refractivity contribution in [2.75, 3.05) is 6.54 Å². The first-order valence-corrected chi connectivity index (χ1v) is 21.5. The van der Waals surface area contributed by atoms with Crippen LogP contribution in [-0.4, -0.2) is 85.7 Å². The number of amides is 2. The van der Waals surface area contributed by atoms with Crippen LogP contribution in [0.2, 0.25) is 0 Å². The standard InChI is InChI=1S/2C9H17NO3.C9H16O4.C9H14O3.C8H17NO2/c3*1-6(2)3-7(4-8(10)11)5-9(12)13;1-6(2)3-7-4-8(10)12-9(11)5-7;1-6(2)3-7(5-9)4-8(10)11/h2*6-7H,3-5H2,1-2H3,(H2,10,11)(H,12,13);6-7H,3-5H2,1-2H3,(H,10,11)(H,12,13);6-7H,3-5H2,1-2H3;6-7H,3-5,9H2,1-2H3,(H,10,11)/t;;;;7-/m....0/s1. The molecule has 0 saturated carbocycles. The lowest BCUT2D eigenvalue weighted by atomic mass is 9.90. The highest BCUT2D eigenvalue weighted by molar-refractivity contribution is 5.88. The third kappa shape index (κ3) is 49.8. The van der Waals surface area contributed by atoms with Crippen molar-refractivity contribution in [2.24, 2.45) is 76.4 Å². The predicted molar refractivity (Wildman–Crippen MR) is 233 cm³/mol. The largest absolute Gasteiger partial charge is 0.481 e. The van der Waals surface area contributed by atoms with E-state index in [1.807, 2.05) is 41.5 Å². The first-order valence-electron chi connectivity index (χ1n) is 21.5. The number of esters is 2. The summed E-state index contributed by atoms with van der Waals surface area (Å²) >= 11 is 0. The van der Waals surface area contributed by atoms with E-state index in [1.54, 1.807) is 0 Å². The Morgan fingerprint density at radius 3 is 0.919 bits per heavy atom. The van der Waals surface area contributed by atoms with Crippen molar-refractivity contribution < 1.29 is 73.4 Å². The fourth-order valence-corrected chi connectivity index (χ4v) is 7.04. The Morgan fingerprint density at radius 2 is 0.710 bits per heavy atom. The van der Waals surface area contributed by atoms with E-state index in [0.717, 1.165) is 25.7 Å². The van der Waals surface area contributed by atoms with E-state index < -0.39 is 41.7 Å². The van der Waals surface area contributed by atoms with Crippen LogP contribution < -0.4 is 17.2 Å². The molecule has 1 saturated heterocycles. The van der Waals surface area contributed by atoms with Crippen molar-refractivity contribution in [3.63, 3.8) is 0 Å². The van der Waals surface area contributed by atoms with Crippen LogP contribution in [0.5, 0.6) is 0 Å². The second-order valence-electron chi connectivity index (χ2n) is 18.3. The van der Waals surface area contributed by atoms with E-state index in [1.165, 1.54) is 0 Å². The van der Waals surface area contributed by atoms with Gasteiger partial charge in [-0.15, -0.1) is 0 Å². The minimum absolute atomic E-state index is 0.0289. The van der Waals surface area contributed by atoms with Crippen molar-refractivity contribution >= 4 is 53.6 Å². The molecule has 0 aliphatic carbocycles. The number of carboxylic acids is 5. The molecule has 0 bridgehead atoms. The number of ether oxygens (including phenoxy) is 1. The molecule has 0 spiro atoms. The van der Waals surface area contributed by atoms with Crippen molar-refractivity contribution in [1.82, 2.24) is 0 Å². The monoisotopic (exact) mass is 892 g/mol. The van der Waals surface area contributed by atoms with Crippen molar-refractivity contribution in [2.45, 2.75) is 159 Å². The summed E-state index contributed by atoms with van der Waals surface area (Å²) in [5, 5.41) is 42.6. The molecule has 1 heterocycles. The summed E-state index contributed by atoms with van der Waals surface area (Å²) in [7, 11) is 0. The zero-order chi connectivity index (χ0) is 49.3. The van der Waals surface area contributed by atoms with E-state index in [-0.39, 0.29) is 86.5 Å². The van der Waals surface area contributed by atoms with Gasteiger partial charge in [0.05, 0.1) is 0 Å². The maximum Gasteiger partial charge on any atom is 0.313 e. The smallest absolute Gasteiger partial charge is 0.313 e. The number of carbonyl (C=O) groups is 9. The topological polar surface area (TPSA) is 342 Å². The fraction of sp³-hybridized carbons (Fsp3) is 0.795. The number of primary amides is 2. The molecular weight excluding hydrogens is 810 g/mol. The van der Waals surface area contributed by atoms with Crippen LogP contribution in [0.4, 0.5) is 0 Å². The van der Waals surface area contributed by atoms with Gasteiger partial charge in [-0.25, -0.2) is 0 Å². The van der Waals surface area contributed by atoms with E-state index in [0.29, 0.717) is 55.4 Å². The molecule has 362 valence electrons. The Kier molecular flexibility index (Phi) is 38.2. The molecule has 18 nitrogen and oxygen atoms in total. The molecule has 18 heteroatoms. The second-order valence-corrected chi connectivity index (χ2v) is 18.3. The predicted octanol–water partition coefficient (Wildman–Crippen LogP) is 6.19. The van der Waals surface area contributed by atoms with E-state index in [9.17, 15) is 43.2 Å². The van der Waals surface area contributed by atoms with Gasteiger partial charge >= 0.3 is 41.8 Å². The third-order valence-corrected chi connectivity index (χ3v) is 8.79. The van der Waals surface area contributed by atoms with Crippen LogP contribution in [0.1, 0.15) is 159 Å². The molecule has 2 unspecified atom stereocenters. The molecule has 0 radical (unpaired) electrons. The molecule has 0 aromatic heterocycles. The van der Waals surface area contributed by atoms with Gasteiger partial charge in [0.1, 0.15) is 0 Å². The van der Waals surface area contributed by atoms with Gasteiger partial charge in [0, 0.05) is 57.8 Å². The highest BCUT2D eigenvalue weighted by atomic mass is 16.6. The Bertz CT molecular complexity index is 1180. The summed E-state index contributed by atoms with van der Waals surface area (Å²) in [4.78, 5) is 94.7. The number of cyclic esters (lactones) is 2. The fourth-order valence-electron chi connectivity index (χ4n) is 7.04. The lowest BCUT2D eigenvalue weighted by Gasteiger charge is -2.20. The minimum Gasteiger partial charge on any atom is -0.481 e. The van der Waals surface area contributed by atoms with Gasteiger partial charge in [0.2, 0.25) is 11.8 Å². The van der Waals surface area contributed by atoms with Crippen LogP contribution in [0.15, 0.2) is 0 Å². The van der Waals surface area contributed by atoms with Gasteiger partial charge in [0.25, 0.3) is 0 Å². The summed E-state index contributed by atoms with van der Waals surface area (Å²) in [6, 6.07) is 0. The highest BCUT2D eigenvalue weighted by Gasteiger charge is 2.27. The Labute approximate surface area is 368 Å². The zero-order valence-electron chi connectivity index (χ0n) is 38.9. The maximum atomic E-state index is 10.8. The number of carboxylic acid groups (broad SMARTS) is 5. The molecule has 1 aliphatic heterocycles. The average molecular weight is 892 g/mol. The number of rotatable bonds is 25. The normalized spacial score (nSPS) is 13.9. The van der Waals surface area contributed by atoms with Gasteiger partial charge < -0.3 is 47.5 Å². The van der Waals surface area contributed by atoms with Crippen molar-refractivity contribution in [1.29, 1.82) is 0 Å². The number of aliphatic carboxylic acids is 5. The number of nitrogens with two attached hydrogens (primary N) is 3. The van der Waals surface area contributed by atoms with E-state index in [2.05, 4.69) is 32.4 Å². The summed E-state index contributed by atoms with van der Waals surface area (Å²) in [5.74, 6) is -3.84. The lowest BCUT2D eigenvalue weighted by Crippen LogP contribution is -2.26. The first kappa shape index (κ1) is 64.0. The molecule has 1 fully saturated rings. The minimum atomic E-state index is -0.924. The Hall–Kier alpha value is -4.61. The van der Waals surface area contributed by atoms with Crippen LogP contribution in [0.3, 0.4) is 0 Å². The molecule has 0 aromatic rings. The average Bonchev–Trinajstić information content (AvgIpc) is 3.01. The molecular formula is C44H81N3O15. The maximum absolute atomic E-state index is 10.8. The Morgan fingerprint density at radius 1 is 0.468 bits per heavy atom. The molecule has 11 N–H and O–H groups in total. The zero-order valence-corrected chi connectivity index (χ0v) is 38.9. The van der Waals surface area contributed by atoms with Gasteiger partial charge in [-0.1, -0.05) is 69.2 Å². The molecule has 62 heavy (non-hydrogen) atoms. The van der Waals surface area contributed by atoms with Gasteiger partial charge in [-0.05, 0) is 97.8 Å². The van der Waals surface area contributed by atoms with Crippen LogP contribution in [-0.2, 0) is 47.9 Å². The summed E-state index contributed by atoms with van der Waals surface area (Å²) in [6.45, 7) is 20.7. The quantitative estimate of drug-likeness (QED) is 0.0374. The van der Waals surface area contributed by atoms with Crippen LogP contribution in [0, 0.1) is 59.2 Å². The van der Waals surface area contributed by atoms with Crippen LogP contribution >= 0.6 is 0 Å². The number of hydrogen-bond acceptors (Lipinski definition) is 11. The first-order chi connectivity index (χ1) is 28.4. The van der Waals surface area contributed by atoms with Crippen molar-refractivity contribution in [3.05, 3.63) is 0 Å². The van der Waals surface area contributed by atoms with E-state index in [4.69, 9.17) is 42.7 Å². The molecule has 3 atom stereocenters. The summed E-state index contributed by atoms with van der Waals surface area (Å²) in [6.07, 6.45) is 5.27. The molecule has 2 amide bonds. The number of hydrogen-bond donors (Lipinski definition) is 8. The highest BCUT2D eigenvalue weighted by Crippen LogP contribution is 2.24. The summed E-state index contributed by atoms with van der Waals surface area (Å²) in [5.41, 5.74) is 15.4. The Balaban J connectivity index is -0.000000340. The van der Waals surface area contributed by atoms with Gasteiger partial charge in [0.15, 0.2) is 0 Å².